The lowest BCUT2D eigenvalue weighted by atomic mass is 9.62. The van der Waals surface area contributed by atoms with Crippen LogP contribution < -0.4 is 10.4 Å². The minimum atomic E-state index is 0.0935. The van der Waals surface area contributed by atoms with Gasteiger partial charge in [0.1, 0.15) is 0 Å². The molecule has 10 rings (SSSR count). The Hall–Kier alpha value is -4.36. The Morgan fingerprint density at radius 1 is 0.783 bits per heavy atom. The molecule has 9 unspecified atom stereocenters. The maximum absolute atomic E-state index is 7.24. The van der Waals surface area contributed by atoms with E-state index in [0.29, 0.717) is 23.7 Å². The van der Waals surface area contributed by atoms with Gasteiger partial charge in [0.05, 0.1) is 23.9 Å². The second-order valence-electron chi connectivity index (χ2n) is 14.3. The topological polar surface area (TPSA) is 12.5 Å². The van der Waals surface area contributed by atoms with E-state index in [1.807, 2.05) is 0 Å². The summed E-state index contributed by atoms with van der Waals surface area (Å²) in [5, 5.41) is 2.50. The van der Waals surface area contributed by atoms with E-state index < -0.39 is 0 Å². The third kappa shape index (κ3) is 3.81. The highest BCUT2D eigenvalue weighted by atomic mass is 16.5. The van der Waals surface area contributed by atoms with Crippen LogP contribution in [0.4, 0.5) is 0 Å². The molecule has 0 saturated carbocycles. The average molecular weight is 598 g/mol. The Kier molecular flexibility index (Phi) is 6.02. The van der Waals surface area contributed by atoms with Crippen LogP contribution >= 0.6 is 0 Å². The van der Waals surface area contributed by atoms with Crippen molar-refractivity contribution in [1.29, 1.82) is 0 Å². The Morgan fingerprint density at radius 3 is 2.50 bits per heavy atom. The van der Waals surface area contributed by atoms with E-state index >= 15 is 0 Å². The molecule has 9 atom stereocenters. The number of hydrogen-bond donors (Lipinski definition) is 0. The third-order valence-electron chi connectivity index (χ3n) is 11.7. The smallest absolute Gasteiger partial charge is 0.0854 e. The van der Waals surface area contributed by atoms with Gasteiger partial charge in [-0.3, -0.25) is 0 Å². The van der Waals surface area contributed by atoms with Crippen molar-refractivity contribution in [3.8, 4) is 0 Å². The molecule has 0 radical (unpaired) electrons. The molecule has 46 heavy (non-hydrogen) atoms. The fourth-order valence-electron chi connectivity index (χ4n) is 9.86. The van der Waals surface area contributed by atoms with E-state index in [1.165, 1.54) is 49.7 Å². The molecule has 0 bridgehead atoms. The SMILES string of the molecule is CC1C=C(C2=C3C4=C=c5ccccc5=C4N(C4C=CC=CC4C4C=CC=CC4)C4=C5C(CC=C4)OC(C35)C3C=CC=CC23)C=CC1. The van der Waals surface area contributed by atoms with Crippen molar-refractivity contribution >= 4 is 11.4 Å². The van der Waals surface area contributed by atoms with E-state index in [4.69, 9.17) is 4.74 Å². The van der Waals surface area contributed by atoms with Crippen molar-refractivity contribution in [2.24, 2.45) is 35.5 Å². The van der Waals surface area contributed by atoms with E-state index in [1.54, 1.807) is 0 Å². The Balaban J connectivity index is 1.30. The van der Waals surface area contributed by atoms with Gasteiger partial charge in [-0.1, -0.05) is 122 Å². The maximum Gasteiger partial charge on any atom is 0.0854 e. The molecule has 2 heterocycles. The number of rotatable bonds is 3. The molecule has 1 saturated heterocycles. The van der Waals surface area contributed by atoms with Crippen LogP contribution in [-0.2, 0) is 4.74 Å². The first-order chi connectivity index (χ1) is 22.8. The van der Waals surface area contributed by atoms with Crippen LogP contribution in [0.25, 0.3) is 11.4 Å². The zero-order valence-corrected chi connectivity index (χ0v) is 26.3. The van der Waals surface area contributed by atoms with Gasteiger partial charge in [-0.2, -0.15) is 0 Å². The molecule has 2 heteroatoms. The van der Waals surface area contributed by atoms with E-state index in [9.17, 15) is 0 Å². The Bertz CT molecular complexity index is 2060. The maximum atomic E-state index is 7.24. The van der Waals surface area contributed by atoms with Crippen molar-refractivity contribution < 1.29 is 4.74 Å². The highest BCUT2D eigenvalue weighted by Crippen LogP contribution is 2.60. The summed E-state index contributed by atoms with van der Waals surface area (Å²) in [4.78, 5) is 2.74. The van der Waals surface area contributed by atoms with Crippen LogP contribution in [0.5, 0.6) is 0 Å². The Labute approximate surface area is 271 Å². The van der Waals surface area contributed by atoms with Gasteiger partial charge in [-0.05, 0) is 65.5 Å². The molecule has 2 aliphatic heterocycles. The van der Waals surface area contributed by atoms with Crippen molar-refractivity contribution in [2.45, 2.75) is 44.4 Å². The molecule has 0 aromatic heterocycles. The van der Waals surface area contributed by atoms with Gasteiger partial charge >= 0.3 is 0 Å². The largest absolute Gasteiger partial charge is 0.369 e. The number of allylic oxidation sites excluding steroid dienone is 15. The first kappa shape index (κ1) is 26.8. The lowest BCUT2D eigenvalue weighted by Crippen LogP contribution is -2.44. The van der Waals surface area contributed by atoms with Gasteiger partial charge in [-0.25, -0.2) is 0 Å². The predicted molar refractivity (Wildman–Crippen MR) is 186 cm³/mol. The van der Waals surface area contributed by atoms with Gasteiger partial charge in [-0.15, -0.1) is 5.73 Å². The normalized spacial score (nSPS) is 37.1. The van der Waals surface area contributed by atoms with E-state index in [-0.39, 0.29) is 30.1 Å². The summed E-state index contributed by atoms with van der Waals surface area (Å²) in [6.07, 6.45) is 43.5. The van der Waals surface area contributed by atoms with E-state index in [0.717, 1.165) is 19.3 Å². The molecular weight excluding hydrogens is 558 g/mol. The van der Waals surface area contributed by atoms with Crippen molar-refractivity contribution in [2.75, 3.05) is 0 Å². The molecule has 1 fully saturated rings. The molecule has 0 N–H and O–H groups in total. The van der Waals surface area contributed by atoms with Gasteiger partial charge in [0.25, 0.3) is 0 Å². The number of benzene rings is 1. The minimum Gasteiger partial charge on any atom is -0.369 e. The predicted octanol–water partition coefficient (Wildman–Crippen LogP) is 7.46. The van der Waals surface area contributed by atoms with E-state index in [2.05, 4.69) is 145 Å². The summed E-state index contributed by atoms with van der Waals surface area (Å²) in [6, 6.07) is 9.15. The molecule has 1 aromatic carbocycles. The van der Waals surface area contributed by atoms with Crippen LogP contribution in [-0.4, -0.2) is 23.1 Å². The zero-order chi connectivity index (χ0) is 30.4. The molecule has 0 amide bonds. The van der Waals surface area contributed by atoms with Gasteiger partial charge in [0, 0.05) is 45.4 Å². The molecule has 7 aliphatic carbocycles. The standard InChI is InChI=1S/C44H39NO/c1-27-13-11-17-30(25-27)39-33-20-7-8-21-34(33)44-42-40(39)35-26-29-16-5-6-19-32(29)43(35)45(37-23-12-24-38(46-44)41(37)42)36-22-10-9-18-31(36)28-14-3-2-4-15-28/h2-12,14,16-23,25,27-28,31,33-34,36,38,42,44H,13,15,24H2,1H3. The first-order valence-electron chi connectivity index (χ1n) is 17.4. The van der Waals surface area contributed by atoms with Crippen LogP contribution in [0.15, 0.2) is 161 Å². The minimum absolute atomic E-state index is 0.0935. The first-order valence-corrected chi connectivity index (χ1v) is 17.4. The second-order valence-corrected chi connectivity index (χ2v) is 14.3. The van der Waals surface area contributed by atoms with Crippen LogP contribution in [0.3, 0.4) is 0 Å². The number of nitrogens with zero attached hydrogens (tertiary/aromatic N) is 1. The third-order valence-corrected chi connectivity index (χ3v) is 11.7. The summed E-state index contributed by atoms with van der Waals surface area (Å²) in [5.41, 5.74) is 13.9. The molecule has 226 valence electrons. The molecular formula is C44H39NO. The number of fused-ring (bicyclic) bond motifs is 5. The quantitative estimate of drug-likeness (QED) is 0.359. The molecule has 1 aromatic rings. The van der Waals surface area contributed by atoms with Crippen molar-refractivity contribution in [3.63, 3.8) is 0 Å². The highest BCUT2D eigenvalue weighted by molar-refractivity contribution is 5.84. The fraction of sp³-hybridized carbons (Fsp3) is 0.295. The average Bonchev–Trinajstić information content (AvgIpc) is 3.65. The van der Waals surface area contributed by atoms with Gasteiger partial charge < -0.3 is 9.64 Å². The lowest BCUT2D eigenvalue weighted by molar-refractivity contribution is 0.00623. The van der Waals surface area contributed by atoms with Gasteiger partial charge in [0.15, 0.2) is 0 Å². The fourth-order valence-corrected chi connectivity index (χ4v) is 9.86. The van der Waals surface area contributed by atoms with Crippen LogP contribution in [0.2, 0.25) is 0 Å². The second kappa shape index (κ2) is 10.3. The molecule has 9 aliphatic rings. The van der Waals surface area contributed by atoms with Crippen molar-refractivity contribution in [3.05, 3.63) is 172 Å². The summed E-state index contributed by atoms with van der Waals surface area (Å²) in [5.74, 6) is 2.09. The lowest BCUT2D eigenvalue weighted by Gasteiger charge is -2.43. The summed E-state index contributed by atoms with van der Waals surface area (Å²) in [6.45, 7) is 2.36. The summed E-state index contributed by atoms with van der Waals surface area (Å²) >= 11 is 0. The summed E-state index contributed by atoms with van der Waals surface area (Å²) in [7, 11) is 0. The summed E-state index contributed by atoms with van der Waals surface area (Å²) < 4.78 is 7.24. The number of ether oxygens (including phenoxy) is 1. The molecule has 2 nitrogen and oxygen atoms in total. The van der Waals surface area contributed by atoms with Crippen LogP contribution in [0.1, 0.15) is 26.2 Å². The van der Waals surface area contributed by atoms with Crippen molar-refractivity contribution in [1.82, 2.24) is 4.90 Å². The monoisotopic (exact) mass is 597 g/mol. The van der Waals surface area contributed by atoms with Crippen LogP contribution in [0, 0.1) is 35.5 Å². The molecule has 0 spiro atoms. The highest BCUT2D eigenvalue weighted by Gasteiger charge is 2.56. The zero-order valence-electron chi connectivity index (χ0n) is 26.3. The Morgan fingerprint density at radius 2 is 1.61 bits per heavy atom. The number of hydrogen-bond acceptors (Lipinski definition) is 2. The van der Waals surface area contributed by atoms with Gasteiger partial charge in [0.2, 0.25) is 0 Å².